The Bertz CT molecular complexity index is 898. The first kappa shape index (κ1) is 18.3. The number of anilines is 1. The van der Waals surface area contributed by atoms with E-state index in [9.17, 15) is 4.39 Å². The summed E-state index contributed by atoms with van der Waals surface area (Å²) in [5.74, 6) is 1.56. The van der Waals surface area contributed by atoms with Crippen molar-refractivity contribution in [2.24, 2.45) is 0 Å². The highest BCUT2D eigenvalue weighted by molar-refractivity contribution is 5.60. The molecule has 0 bridgehead atoms. The van der Waals surface area contributed by atoms with E-state index in [2.05, 4.69) is 25.6 Å². The van der Waals surface area contributed by atoms with Gasteiger partial charge >= 0.3 is 0 Å². The predicted molar refractivity (Wildman–Crippen MR) is 106 cm³/mol. The SMILES string of the molecule is FCc1ccc(Oc2nc(-c3cccnc3)ncc2NC[C@@H]2CCCN2)cc1. The Hall–Kier alpha value is -3.06. The van der Waals surface area contributed by atoms with E-state index in [4.69, 9.17) is 4.74 Å². The largest absolute Gasteiger partial charge is 0.437 e. The van der Waals surface area contributed by atoms with Crippen molar-refractivity contribution in [3.8, 4) is 23.0 Å². The molecule has 1 aliphatic rings. The van der Waals surface area contributed by atoms with Gasteiger partial charge in [0.1, 0.15) is 18.1 Å². The Kier molecular flexibility index (Phi) is 5.72. The van der Waals surface area contributed by atoms with Crippen LogP contribution in [0, 0.1) is 0 Å². The van der Waals surface area contributed by atoms with Crippen molar-refractivity contribution in [2.75, 3.05) is 18.4 Å². The van der Waals surface area contributed by atoms with E-state index in [1.807, 2.05) is 12.1 Å². The van der Waals surface area contributed by atoms with Crippen LogP contribution in [-0.4, -0.2) is 34.1 Å². The Labute approximate surface area is 163 Å². The molecule has 7 heteroatoms. The van der Waals surface area contributed by atoms with Gasteiger partial charge in [-0.15, -0.1) is 0 Å². The second-order valence-electron chi connectivity index (χ2n) is 6.71. The van der Waals surface area contributed by atoms with Crippen LogP contribution in [-0.2, 0) is 6.67 Å². The third-order valence-corrected chi connectivity index (χ3v) is 4.67. The molecular formula is C21H22FN5O. The minimum atomic E-state index is -0.500. The van der Waals surface area contributed by atoms with Crippen molar-refractivity contribution in [3.05, 3.63) is 60.6 Å². The molecule has 144 valence electrons. The van der Waals surface area contributed by atoms with Gasteiger partial charge in [-0.2, -0.15) is 4.98 Å². The molecule has 1 aromatic carbocycles. The number of hydrogen-bond acceptors (Lipinski definition) is 6. The molecule has 2 N–H and O–H groups in total. The number of nitrogens with one attached hydrogen (secondary N) is 2. The lowest BCUT2D eigenvalue weighted by Gasteiger charge is -2.16. The van der Waals surface area contributed by atoms with E-state index in [0.717, 1.165) is 30.8 Å². The highest BCUT2D eigenvalue weighted by Crippen LogP contribution is 2.29. The Morgan fingerprint density at radius 1 is 1.18 bits per heavy atom. The van der Waals surface area contributed by atoms with E-state index in [1.54, 1.807) is 42.9 Å². The van der Waals surface area contributed by atoms with Gasteiger partial charge in [-0.05, 0) is 49.2 Å². The molecule has 4 rings (SSSR count). The van der Waals surface area contributed by atoms with Crippen LogP contribution < -0.4 is 15.4 Å². The molecule has 0 saturated carbocycles. The lowest BCUT2D eigenvalue weighted by Crippen LogP contribution is -2.29. The van der Waals surface area contributed by atoms with Gasteiger partial charge in [-0.25, -0.2) is 9.37 Å². The Morgan fingerprint density at radius 3 is 2.79 bits per heavy atom. The van der Waals surface area contributed by atoms with Crippen LogP contribution in [0.4, 0.5) is 10.1 Å². The standard InChI is InChI=1S/C21H22FN5O/c22-11-15-5-7-18(8-6-15)28-21-19(25-13-17-4-2-10-24-17)14-26-20(27-21)16-3-1-9-23-12-16/h1,3,5-9,12,14,17,24-25H,2,4,10-11,13H2/t17-/m0/s1. The summed E-state index contributed by atoms with van der Waals surface area (Å²) in [4.78, 5) is 13.2. The fourth-order valence-electron chi connectivity index (χ4n) is 3.12. The summed E-state index contributed by atoms with van der Waals surface area (Å²) in [6, 6.07) is 11.0. The van der Waals surface area contributed by atoms with Crippen molar-refractivity contribution in [1.82, 2.24) is 20.3 Å². The van der Waals surface area contributed by atoms with Gasteiger partial charge in [0.25, 0.3) is 0 Å². The molecule has 0 amide bonds. The number of aromatic nitrogens is 3. The molecule has 1 aliphatic heterocycles. The number of rotatable bonds is 7. The summed E-state index contributed by atoms with van der Waals surface area (Å²) in [7, 11) is 0. The molecule has 1 atom stereocenters. The average Bonchev–Trinajstić information content (AvgIpc) is 3.28. The van der Waals surface area contributed by atoms with Crippen molar-refractivity contribution < 1.29 is 9.13 Å². The molecule has 0 unspecified atom stereocenters. The van der Waals surface area contributed by atoms with Crippen LogP contribution in [0.3, 0.4) is 0 Å². The van der Waals surface area contributed by atoms with Crippen LogP contribution in [0.2, 0.25) is 0 Å². The fourth-order valence-corrected chi connectivity index (χ4v) is 3.12. The first-order chi connectivity index (χ1) is 13.8. The van der Waals surface area contributed by atoms with E-state index < -0.39 is 6.67 Å². The lowest BCUT2D eigenvalue weighted by atomic mass is 10.2. The zero-order valence-electron chi connectivity index (χ0n) is 15.4. The average molecular weight is 379 g/mol. The number of ether oxygens (including phenoxy) is 1. The summed E-state index contributed by atoms with van der Waals surface area (Å²) in [6.45, 7) is 1.32. The third-order valence-electron chi connectivity index (χ3n) is 4.67. The number of hydrogen-bond donors (Lipinski definition) is 2. The van der Waals surface area contributed by atoms with Gasteiger partial charge < -0.3 is 15.4 Å². The topological polar surface area (TPSA) is 72.0 Å². The highest BCUT2D eigenvalue weighted by atomic mass is 19.1. The fraction of sp³-hybridized carbons (Fsp3) is 0.286. The van der Waals surface area contributed by atoms with Gasteiger partial charge in [0.2, 0.25) is 5.88 Å². The normalized spacial score (nSPS) is 16.1. The summed E-state index contributed by atoms with van der Waals surface area (Å²) in [6.07, 6.45) is 7.48. The summed E-state index contributed by atoms with van der Waals surface area (Å²) >= 11 is 0. The van der Waals surface area contributed by atoms with E-state index >= 15 is 0 Å². The molecule has 0 radical (unpaired) electrons. The number of benzene rings is 1. The molecule has 28 heavy (non-hydrogen) atoms. The lowest BCUT2D eigenvalue weighted by molar-refractivity contribution is 0.461. The smallest absolute Gasteiger partial charge is 0.246 e. The maximum absolute atomic E-state index is 12.8. The van der Waals surface area contributed by atoms with Crippen LogP contribution in [0.15, 0.2) is 55.0 Å². The predicted octanol–water partition coefficient (Wildman–Crippen LogP) is 3.96. The number of nitrogens with zero attached hydrogens (tertiary/aromatic N) is 3. The Balaban J connectivity index is 1.59. The number of halogens is 1. The molecule has 1 fully saturated rings. The van der Waals surface area contributed by atoms with Crippen LogP contribution in [0.25, 0.3) is 11.4 Å². The van der Waals surface area contributed by atoms with Crippen LogP contribution >= 0.6 is 0 Å². The van der Waals surface area contributed by atoms with Crippen molar-refractivity contribution >= 4 is 5.69 Å². The molecular weight excluding hydrogens is 357 g/mol. The van der Waals surface area contributed by atoms with Gasteiger partial charge in [-0.3, -0.25) is 4.98 Å². The number of pyridine rings is 1. The minimum Gasteiger partial charge on any atom is -0.437 e. The first-order valence-corrected chi connectivity index (χ1v) is 9.39. The Morgan fingerprint density at radius 2 is 2.07 bits per heavy atom. The maximum atomic E-state index is 12.8. The van der Waals surface area contributed by atoms with E-state index in [0.29, 0.717) is 29.1 Å². The zero-order valence-corrected chi connectivity index (χ0v) is 15.4. The quantitative estimate of drug-likeness (QED) is 0.647. The minimum absolute atomic E-state index is 0.426. The van der Waals surface area contributed by atoms with Crippen molar-refractivity contribution in [2.45, 2.75) is 25.6 Å². The zero-order chi connectivity index (χ0) is 19.2. The van der Waals surface area contributed by atoms with Crippen molar-refractivity contribution in [3.63, 3.8) is 0 Å². The summed E-state index contributed by atoms with van der Waals surface area (Å²) < 4.78 is 18.8. The third kappa shape index (κ3) is 4.43. The van der Waals surface area contributed by atoms with Crippen molar-refractivity contribution in [1.29, 1.82) is 0 Å². The van der Waals surface area contributed by atoms with Crippen LogP contribution in [0.1, 0.15) is 18.4 Å². The molecule has 0 spiro atoms. The molecule has 0 aliphatic carbocycles. The first-order valence-electron chi connectivity index (χ1n) is 9.39. The molecule has 2 aromatic heterocycles. The maximum Gasteiger partial charge on any atom is 0.246 e. The van der Waals surface area contributed by atoms with Gasteiger partial charge in [-0.1, -0.05) is 12.1 Å². The molecule has 3 aromatic rings. The van der Waals surface area contributed by atoms with Crippen LogP contribution in [0.5, 0.6) is 11.6 Å². The second-order valence-corrected chi connectivity index (χ2v) is 6.71. The molecule has 3 heterocycles. The summed E-state index contributed by atoms with van der Waals surface area (Å²) in [5.41, 5.74) is 2.14. The van der Waals surface area contributed by atoms with Gasteiger partial charge in [0.15, 0.2) is 5.82 Å². The van der Waals surface area contributed by atoms with E-state index in [-0.39, 0.29) is 0 Å². The molecule has 1 saturated heterocycles. The summed E-state index contributed by atoms with van der Waals surface area (Å²) in [5, 5.41) is 6.85. The monoisotopic (exact) mass is 379 g/mol. The van der Waals surface area contributed by atoms with Gasteiger partial charge in [0, 0.05) is 30.5 Å². The second kappa shape index (κ2) is 8.75. The van der Waals surface area contributed by atoms with Gasteiger partial charge in [0.05, 0.1) is 6.20 Å². The number of alkyl halides is 1. The molecule has 6 nitrogen and oxygen atoms in total. The van der Waals surface area contributed by atoms with E-state index in [1.165, 1.54) is 6.42 Å². The highest BCUT2D eigenvalue weighted by Gasteiger charge is 2.16.